The van der Waals surface area contributed by atoms with Crippen LogP contribution in [0.4, 0.5) is 0 Å². The van der Waals surface area contributed by atoms with Gasteiger partial charge < -0.3 is 13.9 Å². The average molecular weight is 589 g/mol. The monoisotopic (exact) mass is 588 g/mol. The summed E-state index contributed by atoms with van der Waals surface area (Å²) < 4.78 is 16.9. The lowest BCUT2D eigenvalue weighted by molar-refractivity contribution is -0.153. The summed E-state index contributed by atoms with van der Waals surface area (Å²) in [5.41, 5.74) is 2.31. The summed E-state index contributed by atoms with van der Waals surface area (Å²) >= 11 is 0. The third kappa shape index (κ3) is 5.94. The van der Waals surface area contributed by atoms with Gasteiger partial charge in [-0.15, -0.1) is 0 Å². The van der Waals surface area contributed by atoms with Crippen LogP contribution in [0.3, 0.4) is 0 Å². The van der Waals surface area contributed by atoms with E-state index in [2.05, 4.69) is 40.7 Å². The van der Waals surface area contributed by atoms with E-state index in [1.165, 1.54) is 63.0 Å². The van der Waals surface area contributed by atoms with Crippen molar-refractivity contribution in [1.29, 1.82) is 0 Å². The Morgan fingerprint density at radius 2 is 1.81 bits per heavy atom. The third-order valence-corrected chi connectivity index (χ3v) is 12.5. The summed E-state index contributed by atoms with van der Waals surface area (Å²) in [4.78, 5) is 24.3. The van der Waals surface area contributed by atoms with Gasteiger partial charge in [-0.05, 0) is 109 Å². The molecule has 6 rings (SSSR count). The van der Waals surface area contributed by atoms with Gasteiger partial charge in [0.1, 0.15) is 17.4 Å². The molecule has 4 aliphatic carbocycles. The number of allylic oxidation sites excluding steroid dienone is 1. The molecule has 43 heavy (non-hydrogen) atoms. The number of esters is 1. The van der Waals surface area contributed by atoms with Crippen LogP contribution in [0, 0.1) is 46.3 Å². The van der Waals surface area contributed by atoms with Gasteiger partial charge in [0.15, 0.2) is 6.61 Å². The molecule has 0 saturated heterocycles. The Hall–Kier alpha value is -2.56. The first-order valence-corrected chi connectivity index (χ1v) is 17.1. The Bertz CT molecular complexity index is 1400. The van der Waals surface area contributed by atoms with Gasteiger partial charge in [-0.2, -0.15) is 0 Å². The molecule has 3 saturated carbocycles. The van der Waals surface area contributed by atoms with E-state index in [0.29, 0.717) is 16.7 Å². The fourth-order valence-electron chi connectivity index (χ4n) is 10.2. The maximum Gasteiger partial charge on any atom is 0.344 e. The predicted octanol–water partition coefficient (Wildman–Crippen LogP) is 9.13. The fourth-order valence-corrected chi connectivity index (χ4v) is 10.2. The maximum atomic E-state index is 12.8. The number of hydrogen-bond donors (Lipinski definition) is 0. The molecule has 5 heteroatoms. The molecule has 0 bridgehead atoms. The van der Waals surface area contributed by atoms with Crippen LogP contribution in [0.1, 0.15) is 105 Å². The predicted molar refractivity (Wildman–Crippen MR) is 171 cm³/mol. The van der Waals surface area contributed by atoms with Crippen molar-refractivity contribution in [2.75, 3.05) is 6.61 Å². The van der Waals surface area contributed by atoms with Crippen LogP contribution < -0.4 is 10.4 Å². The van der Waals surface area contributed by atoms with Crippen LogP contribution >= 0.6 is 0 Å². The summed E-state index contributed by atoms with van der Waals surface area (Å²) in [5, 5.41) is 0.810. The van der Waals surface area contributed by atoms with Crippen molar-refractivity contribution < 1.29 is 18.7 Å². The van der Waals surface area contributed by atoms with Gasteiger partial charge in [0, 0.05) is 23.9 Å². The Balaban J connectivity index is 1.05. The first-order chi connectivity index (χ1) is 20.6. The van der Waals surface area contributed by atoms with Crippen LogP contribution in [0.15, 0.2) is 51.2 Å². The van der Waals surface area contributed by atoms with Gasteiger partial charge in [-0.25, -0.2) is 9.59 Å². The van der Waals surface area contributed by atoms with E-state index < -0.39 is 5.63 Å². The minimum Gasteiger partial charge on any atom is -0.482 e. The Labute approximate surface area is 257 Å². The number of ether oxygens (including phenoxy) is 2. The molecule has 5 nitrogen and oxygen atoms in total. The van der Waals surface area contributed by atoms with E-state index >= 15 is 0 Å². The molecule has 3 fully saturated rings. The van der Waals surface area contributed by atoms with E-state index in [-0.39, 0.29) is 24.1 Å². The zero-order valence-electron chi connectivity index (χ0n) is 27.0. The maximum absolute atomic E-state index is 12.8. The van der Waals surface area contributed by atoms with Gasteiger partial charge in [0.05, 0.1) is 0 Å². The van der Waals surface area contributed by atoms with E-state index in [4.69, 9.17) is 13.9 Å². The van der Waals surface area contributed by atoms with Crippen LogP contribution in [0.25, 0.3) is 11.0 Å². The van der Waals surface area contributed by atoms with Gasteiger partial charge in [-0.1, -0.05) is 65.5 Å². The Kier molecular flexibility index (Phi) is 8.56. The molecule has 0 aliphatic heterocycles. The number of carbonyl (C=O) groups excluding carboxylic acids is 1. The summed E-state index contributed by atoms with van der Waals surface area (Å²) in [6, 6.07) is 8.35. The van der Waals surface area contributed by atoms with Gasteiger partial charge in [0.25, 0.3) is 0 Å². The summed E-state index contributed by atoms with van der Waals surface area (Å²) in [6.45, 7) is 12.3. The summed E-state index contributed by atoms with van der Waals surface area (Å²) in [7, 11) is 0. The van der Waals surface area contributed by atoms with Crippen molar-refractivity contribution in [3.63, 3.8) is 0 Å². The minimum absolute atomic E-state index is 0.0852. The number of hydrogen-bond acceptors (Lipinski definition) is 5. The highest BCUT2D eigenvalue weighted by Gasteiger charge is 2.59. The molecular formula is C38H52O5. The normalized spacial score (nSPS) is 34.2. The molecule has 1 heterocycles. The van der Waals surface area contributed by atoms with Crippen molar-refractivity contribution in [3.05, 3.63) is 52.4 Å². The molecule has 2 aromatic rings. The SMILES string of the molecule is CC(C)CCC[C@@H](C)[C@@H]1CC[C@@H]2[C@@H]3CC=C4C[C@@H](OC(=O)COc5ccc6ccc(=O)oc6c5)CC[C@]4(C)[C@@H]3CC[C@@]21C. The van der Waals surface area contributed by atoms with E-state index in [0.717, 1.165) is 60.2 Å². The molecule has 0 N–H and O–H groups in total. The van der Waals surface area contributed by atoms with Crippen LogP contribution in [0.5, 0.6) is 5.75 Å². The van der Waals surface area contributed by atoms with Crippen molar-refractivity contribution in [2.45, 2.75) is 111 Å². The lowest BCUT2D eigenvalue weighted by atomic mass is 9.47. The number of benzene rings is 1. The average Bonchev–Trinajstić information content (AvgIpc) is 3.33. The highest BCUT2D eigenvalue weighted by atomic mass is 16.6. The van der Waals surface area contributed by atoms with Gasteiger partial charge in [0.2, 0.25) is 0 Å². The summed E-state index contributed by atoms with van der Waals surface area (Å²) in [5.74, 6) is 5.10. The minimum atomic E-state index is -0.409. The zero-order chi connectivity index (χ0) is 30.4. The van der Waals surface area contributed by atoms with Crippen molar-refractivity contribution >= 4 is 16.9 Å². The molecule has 0 unspecified atom stereocenters. The van der Waals surface area contributed by atoms with E-state index in [1.54, 1.807) is 18.2 Å². The second kappa shape index (κ2) is 12.1. The van der Waals surface area contributed by atoms with Crippen LogP contribution in [-0.4, -0.2) is 18.7 Å². The smallest absolute Gasteiger partial charge is 0.344 e. The molecular weight excluding hydrogens is 536 g/mol. The zero-order valence-corrected chi connectivity index (χ0v) is 27.0. The third-order valence-electron chi connectivity index (χ3n) is 12.5. The number of fused-ring (bicyclic) bond motifs is 6. The van der Waals surface area contributed by atoms with Gasteiger partial charge >= 0.3 is 11.6 Å². The second-order valence-electron chi connectivity index (χ2n) is 15.4. The van der Waals surface area contributed by atoms with Crippen molar-refractivity contribution in [1.82, 2.24) is 0 Å². The molecule has 8 atom stereocenters. The van der Waals surface area contributed by atoms with Crippen LogP contribution in [0.2, 0.25) is 0 Å². The second-order valence-corrected chi connectivity index (χ2v) is 15.4. The van der Waals surface area contributed by atoms with E-state index in [9.17, 15) is 9.59 Å². The molecule has 4 aliphatic rings. The number of carbonyl (C=O) groups is 1. The lowest BCUT2D eigenvalue weighted by Gasteiger charge is -2.58. The molecule has 234 valence electrons. The standard InChI is InChI=1S/C38H52O5/c1-24(2)7-6-8-25(3)31-14-15-32-30-13-11-27-21-29(17-19-37(27,4)33(30)18-20-38(31,32)5)42-36(40)23-41-28-12-9-26-10-16-35(39)43-34(26)22-28/h9-12,16,22,24-25,29-33H,6-8,13-15,17-21,23H2,1-5H3/t25-,29+,30+,31+,32-,33-,37+,38-/m1/s1. The lowest BCUT2D eigenvalue weighted by Crippen LogP contribution is -2.51. The van der Waals surface area contributed by atoms with Crippen molar-refractivity contribution in [2.24, 2.45) is 46.3 Å². The molecule has 0 amide bonds. The van der Waals surface area contributed by atoms with Crippen molar-refractivity contribution in [3.8, 4) is 5.75 Å². The Morgan fingerprint density at radius 3 is 2.63 bits per heavy atom. The molecule has 0 radical (unpaired) electrons. The quantitative estimate of drug-likeness (QED) is 0.166. The highest BCUT2D eigenvalue weighted by molar-refractivity contribution is 5.78. The highest BCUT2D eigenvalue weighted by Crippen LogP contribution is 2.67. The molecule has 0 spiro atoms. The van der Waals surface area contributed by atoms with Crippen LogP contribution in [-0.2, 0) is 9.53 Å². The Morgan fingerprint density at radius 1 is 1.00 bits per heavy atom. The fraction of sp³-hybridized carbons (Fsp3) is 0.684. The number of rotatable bonds is 9. The topological polar surface area (TPSA) is 65.7 Å². The molecule has 1 aromatic heterocycles. The molecule has 1 aromatic carbocycles. The first kappa shape index (κ1) is 30.5. The summed E-state index contributed by atoms with van der Waals surface area (Å²) in [6.07, 6.45) is 16.3. The van der Waals surface area contributed by atoms with E-state index in [1.807, 2.05) is 6.07 Å². The van der Waals surface area contributed by atoms with Gasteiger partial charge in [-0.3, -0.25) is 0 Å². The largest absolute Gasteiger partial charge is 0.482 e. The first-order valence-electron chi connectivity index (χ1n) is 17.1.